The zero-order valence-electron chi connectivity index (χ0n) is 25.7. The lowest BCUT2D eigenvalue weighted by Gasteiger charge is -2.33. The van der Waals surface area contributed by atoms with Gasteiger partial charge in [0, 0.05) is 13.1 Å². The maximum Gasteiger partial charge on any atom is 0.264 e. The number of carbonyl (C=O) groups is 2. The van der Waals surface area contributed by atoms with E-state index in [4.69, 9.17) is 9.47 Å². The van der Waals surface area contributed by atoms with Crippen molar-refractivity contribution in [2.45, 2.75) is 64.4 Å². The SMILES string of the molecule is CCCCNC(=O)[C@@H](CC)N(Cc1cccc(OC)c1)C(=O)CN(c1ccc(C)cc1)S(=O)(=O)c1ccc(OCC)cc1. The Balaban J connectivity index is 2.03. The molecule has 43 heavy (non-hydrogen) atoms. The molecule has 0 aliphatic carbocycles. The normalized spacial score (nSPS) is 11.8. The van der Waals surface area contributed by atoms with Crippen LogP contribution in [0.2, 0.25) is 0 Å². The summed E-state index contributed by atoms with van der Waals surface area (Å²) >= 11 is 0. The molecule has 3 aromatic carbocycles. The molecule has 0 fully saturated rings. The monoisotopic (exact) mass is 609 g/mol. The number of rotatable bonds is 16. The number of anilines is 1. The molecule has 0 aromatic heterocycles. The van der Waals surface area contributed by atoms with Crippen molar-refractivity contribution in [2.24, 2.45) is 0 Å². The molecule has 1 atom stereocenters. The van der Waals surface area contributed by atoms with Crippen molar-refractivity contribution in [3.63, 3.8) is 0 Å². The molecule has 0 aliphatic rings. The number of carbonyl (C=O) groups excluding carboxylic acids is 2. The zero-order chi connectivity index (χ0) is 31.4. The highest BCUT2D eigenvalue weighted by Gasteiger charge is 2.33. The summed E-state index contributed by atoms with van der Waals surface area (Å²) in [5, 5.41) is 2.94. The predicted octanol–water partition coefficient (Wildman–Crippen LogP) is 5.32. The van der Waals surface area contributed by atoms with Crippen LogP contribution in [0.1, 0.15) is 51.2 Å². The first-order valence-electron chi connectivity index (χ1n) is 14.7. The third kappa shape index (κ3) is 8.97. The van der Waals surface area contributed by atoms with E-state index in [9.17, 15) is 18.0 Å². The summed E-state index contributed by atoms with van der Waals surface area (Å²) in [6, 6.07) is 19.5. The summed E-state index contributed by atoms with van der Waals surface area (Å²) in [6.07, 6.45) is 2.08. The molecular weight excluding hydrogens is 566 g/mol. The van der Waals surface area contributed by atoms with Crippen LogP contribution >= 0.6 is 0 Å². The lowest BCUT2D eigenvalue weighted by atomic mass is 10.1. The first-order valence-corrected chi connectivity index (χ1v) is 16.1. The third-order valence-corrected chi connectivity index (χ3v) is 8.81. The van der Waals surface area contributed by atoms with Gasteiger partial charge in [-0.15, -0.1) is 0 Å². The summed E-state index contributed by atoms with van der Waals surface area (Å²) in [5.41, 5.74) is 2.04. The van der Waals surface area contributed by atoms with E-state index < -0.39 is 28.5 Å². The second-order valence-electron chi connectivity index (χ2n) is 10.2. The fraction of sp³-hybridized carbons (Fsp3) is 0.394. The molecule has 0 heterocycles. The minimum atomic E-state index is -4.17. The number of aryl methyl sites for hydroxylation is 1. The highest BCUT2D eigenvalue weighted by molar-refractivity contribution is 7.92. The topological polar surface area (TPSA) is 105 Å². The molecule has 0 aliphatic heterocycles. The third-order valence-electron chi connectivity index (χ3n) is 7.03. The number of hydrogen-bond donors (Lipinski definition) is 1. The van der Waals surface area contributed by atoms with Crippen LogP contribution in [0.3, 0.4) is 0 Å². The number of ether oxygens (including phenoxy) is 2. The lowest BCUT2D eigenvalue weighted by Crippen LogP contribution is -2.52. The van der Waals surface area contributed by atoms with Crippen LogP contribution in [-0.4, -0.2) is 58.0 Å². The molecular formula is C33H43N3O6S. The van der Waals surface area contributed by atoms with Gasteiger partial charge in [-0.2, -0.15) is 0 Å². The molecule has 0 radical (unpaired) electrons. The number of nitrogens with one attached hydrogen (secondary N) is 1. The Hall–Kier alpha value is -4.05. The van der Waals surface area contributed by atoms with E-state index in [0.717, 1.165) is 28.3 Å². The fourth-order valence-corrected chi connectivity index (χ4v) is 6.05. The molecule has 2 amide bonds. The van der Waals surface area contributed by atoms with Crippen molar-refractivity contribution in [3.05, 3.63) is 83.9 Å². The van der Waals surface area contributed by atoms with E-state index in [-0.39, 0.29) is 17.3 Å². The van der Waals surface area contributed by atoms with Gasteiger partial charge in [0.15, 0.2) is 0 Å². The summed E-state index contributed by atoms with van der Waals surface area (Å²) in [5.74, 6) is 0.382. The van der Waals surface area contributed by atoms with Crippen LogP contribution in [0.5, 0.6) is 11.5 Å². The summed E-state index contributed by atoms with van der Waals surface area (Å²) in [7, 11) is -2.61. The molecule has 9 nitrogen and oxygen atoms in total. The number of unbranched alkanes of at least 4 members (excludes halogenated alkanes) is 1. The van der Waals surface area contributed by atoms with Crippen molar-refractivity contribution in [1.82, 2.24) is 10.2 Å². The Morgan fingerprint density at radius 2 is 1.63 bits per heavy atom. The molecule has 232 valence electrons. The fourth-order valence-electron chi connectivity index (χ4n) is 4.63. The molecule has 10 heteroatoms. The molecule has 3 aromatic rings. The summed E-state index contributed by atoms with van der Waals surface area (Å²) in [6.45, 7) is 8.16. The molecule has 0 saturated carbocycles. The second kappa shape index (κ2) is 16.0. The minimum Gasteiger partial charge on any atom is -0.497 e. The zero-order valence-corrected chi connectivity index (χ0v) is 26.5. The standard InChI is InChI=1S/C33H43N3O6S/c1-6-9-21-34-33(38)31(7-2)35(23-26-11-10-12-29(22-26)41-5)32(37)24-36(27-15-13-25(4)14-16-27)43(39,40)30-19-17-28(18-20-30)42-8-3/h10-20,22,31H,6-9,21,23-24H2,1-5H3,(H,34,38)/t31-/m1/s1. The minimum absolute atomic E-state index is 0.0213. The van der Waals surface area contributed by atoms with Gasteiger partial charge >= 0.3 is 0 Å². The van der Waals surface area contributed by atoms with Crippen LogP contribution in [-0.2, 0) is 26.2 Å². The Labute approximate surface area is 255 Å². The maximum atomic E-state index is 14.2. The van der Waals surface area contributed by atoms with Gasteiger partial charge in [0.25, 0.3) is 10.0 Å². The quantitative estimate of drug-likeness (QED) is 0.221. The van der Waals surface area contributed by atoms with Gasteiger partial charge in [-0.05, 0) is 80.8 Å². The van der Waals surface area contributed by atoms with E-state index in [1.165, 1.54) is 17.0 Å². The molecule has 0 saturated heterocycles. The van der Waals surface area contributed by atoms with Crippen molar-refractivity contribution < 1.29 is 27.5 Å². The number of amides is 2. The number of sulfonamides is 1. The maximum absolute atomic E-state index is 14.2. The largest absolute Gasteiger partial charge is 0.497 e. The second-order valence-corrected chi connectivity index (χ2v) is 12.1. The molecule has 0 unspecified atom stereocenters. The van der Waals surface area contributed by atoms with Gasteiger partial charge in [-0.1, -0.05) is 50.1 Å². The van der Waals surface area contributed by atoms with Crippen LogP contribution in [0, 0.1) is 6.92 Å². The molecule has 0 spiro atoms. The Kier molecular flexibility index (Phi) is 12.4. The van der Waals surface area contributed by atoms with Gasteiger partial charge < -0.3 is 19.7 Å². The Morgan fingerprint density at radius 1 is 0.930 bits per heavy atom. The van der Waals surface area contributed by atoms with E-state index >= 15 is 0 Å². The highest BCUT2D eigenvalue weighted by Crippen LogP contribution is 2.27. The van der Waals surface area contributed by atoms with Gasteiger partial charge in [-0.3, -0.25) is 13.9 Å². The van der Waals surface area contributed by atoms with Crippen molar-refractivity contribution >= 4 is 27.5 Å². The summed E-state index contributed by atoms with van der Waals surface area (Å²) in [4.78, 5) is 29.0. The first kappa shape index (κ1) is 33.5. The van der Waals surface area contributed by atoms with Gasteiger partial charge in [-0.25, -0.2) is 8.42 Å². The smallest absolute Gasteiger partial charge is 0.264 e. The van der Waals surface area contributed by atoms with E-state index in [1.54, 1.807) is 55.6 Å². The van der Waals surface area contributed by atoms with Gasteiger partial charge in [0.05, 0.1) is 24.3 Å². The molecule has 1 N–H and O–H groups in total. The van der Waals surface area contributed by atoms with Crippen molar-refractivity contribution in [2.75, 3.05) is 31.1 Å². The predicted molar refractivity (Wildman–Crippen MR) is 169 cm³/mol. The Bertz CT molecular complexity index is 1440. The van der Waals surface area contributed by atoms with E-state index in [1.807, 2.05) is 39.8 Å². The van der Waals surface area contributed by atoms with Crippen LogP contribution in [0.4, 0.5) is 5.69 Å². The molecule has 0 bridgehead atoms. The van der Waals surface area contributed by atoms with Gasteiger partial charge in [0.1, 0.15) is 24.1 Å². The molecule has 3 rings (SSSR count). The van der Waals surface area contributed by atoms with E-state index in [0.29, 0.717) is 36.8 Å². The van der Waals surface area contributed by atoms with Crippen LogP contribution in [0.25, 0.3) is 0 Å². The van der Waals surface area contributed by atoms with Crippen molar-refractivity contribution in [1.29, 1.82) is 0 Å². The van der Waals surface area contributed by atoms with Gasteiger partial charge in [0.2, 0.25) is 11.8 Å². The van der Waals surface area contributed by atoms with Crippen LogP contribution < -0.4 is 19.1 Å². The number of nitrogens with zero attached hydrogens (tertiary/aromatic N) is 2. The lowest BCUT2D eigenvalue weighted by molar-refractivity contribution is -0.140. The number of hydrogen-bond acceptors (Lipinski definition) is 6. The number of methoxy groups -OCH3 is 1. The number of benzene rings is 3. The van der Waals surface area contributed by atoms with Crippen LogP contribution in [0.15, 0.2) is 77.7 Å². The van der Waals surface area contributed by atoms with Crippen molar-refractivity contribution in [3.8, 4) is 11.5 Å². The summed E-state index contributed by atoms with van der Waals surface area (Å²) < 4.78 is 40.1. The Morgan fingerprint density at radius 3 is 2.23 bits per heavy atom. The average molecular weight is 610 g/mol. The first-order chi connectivity index (χ1) is 20.6. The average Bonchev–Trinajstić information content (AvgIpc) is 3.00. The highest BCUT2D eigenvalue weighted by atomic mass is 32.2. The van der Waals surface area contributed by atoms with E-state index in [2.05, 4.69) is 5.32 Å².